The fourth-order valence-corrected chi connectivity index (χ4v) is 1.33. The van der Waals surface area contributed by atoms with Crippen LogP contribution in [0.5, 0.6) is 11.5 Å². The number of halogens is 4. The van der Waals surface area contributed by atoms with E-state index in [0.29, 0.717) is 0 Å². The monoisotopic (exact) mass is 285 g/mol. The van der Waals surface area contributed by atoms with Crippen molar-refractivity contribution < 1.29 is 22.6 Å². The molecule has 0 aliphatic rings. The second-order valence-corrected chi connectivity index (χ2v) is 3.34. The summed E-state index contributed by atoms with van der Waals surface area (Å²) in [5, 5.41) is 0. The molecule has 1 aromatic rings. The van der Waals surface area contributed by atoms with Crippen LogP contribution in [0.2, 0.25) is 0 Å². The normalized spacial score (nSPS) is 11.3. The summed E-state index contributed by atoms with van der Waals surface area (Å²) in [6, 6.07) is 2.70. The SMILES string of the molecule is COc1ccc(N)c(Br)c1OC(F)(F)F. The lowest BCUT2D eigenvalue weighted by molar-refractivity contribution is -0.275. The third-order valence-electron chi connectivity index (χ3n) is 1.53. The van der Waals surface area contributed by atoms with Crippen molar-refractivity contribution in [2.45, 2.75) is 6.36 Å². The van der Waals surface area contributed by atoms with Gasteiger partial charge in [0, 0.05) is 5.69 Å². The Balaban J connectivity index is 3.18. The molecule has 1 aromatic carbocycles. The first-order valence-corrected chi connectivity index (χ1v) is 4.52. The average Bonchev–Trinajstić information content (AvgIpc) is 2.11. The standard InChI is InChI=1S/C8H7BrF3NO2/c1-14-5-3-2-4(13)6(9)7(5)15-8(10,11)12/h2-3H,13H2,1H3. The second-order valence-electron chi connectivity index (χ2n) is 2.55. The first-order valence-electron chi connectivity index (χ1n) is 3.73. The van der Waals surface area contributed by atoms with E-state index in [1.165, 1.54) is 19.2 Å². The van der Waals surface area contributed by atoms with Gasteiger partial charge in [-0.25, -0.2) is 0 Å². The minimum Gasteiger partial charge on any atom is -0.493 e. The molecule has 0 spiro atoms. The number of nitrogens with two attached hydrogens (primary N) is 1. The van der Waals surface area contributed by atoms with Crippen molar-refractivity contribution in [1.82, 2.24) is 0 Å². The van der Waals surface area contributed by atoms with Crippen LogP contribution in [0.1, 0.15) is 0 Å². The van der Waals surface area contributed by atoms with Crippen LogP contribution >= 0.6 is 15.9 Å². The Morgan fingerprint density at radius 2 is 1.93 bits per heavy atom. The molecule has 1 rings (SSSR count). The van der Waals surface area contributed by atoms with Crippen molar-refractivity contribution in [3.63, 3.8) is 0 Å². The number of anilines is 1. The Morgan fingerprint density at radius 3 is 2.40 bits per heavy atom. The largest absolute Gasteiger partial charge is 0.573 e. The quantitative estimate of drug-likeness (QED) is 0.850. The first kappa shape index (κ1) is 12.0. The Morgan fingerprint density at radius 1 is 1.33 bits per heavy atom. The van der Waals surface area contributed by atoms with Crippen molar-refractivity contribution in [3.05, 3.63) is 16.6 Å². The summed E-state index contributed by atoms with van der Waals surface area (Å²) < 4.78 is 44.6. The van der Waals surface area contributed by atoms with Crippen molar-refractivity contribution in [1.29, 1.82) is 0 Å². The molecule has 0 heterocycles. The summed E-state index contributed by atoms with van der Waals surface area (Å²) in [6.07, 6.45) is -4.79. The molecular weight excluding hydrogens is 279 g/mol. The summed E-state index contributed by atoms with van der Waals surface area (Å²) in [4.78, 5) is 0. The van der Waals surface area contributed by atoms with Crippen LogP contribution in [-0.4, -0.2) is 13.5 Å². The van der Waals surface area contributed by atoms with E-state index in [-0.39, 0.29) is 15.9 Å². The van der Waals surface area contributed by atoms with Gasteiger partial charge in [-0.2, -0.15) is 0 Å². The molecule has 3 nitrogen and oxygen atoms in total. The molecule has 0 aromatic heterocycles. The average molecular weight is 286 g/mol. The molecule has 0 unspecified atom stereocenters. The maximum absolute atomic E-state index is 12.0. The van der Waals surface area contributed by atoms with Gasteiger partial charge in [-0.1, -0.05) is 0 Å². The molecule has 0 saturated carbocycles. The maximum Gasteiger partial charge on any atom is 0.573 e. The molecule has 0 aliphatic carbocycles. The zero-order valence-corrected chi connectivity index (χ0v) is 9.15. The molecule has 2 N–H and O–H groups in total. The Labute approximate surface area is 92.1 Å². The summed E-state index contributed by atoms with van der Waals surface area (Å²) in [5.41, 5.74) is 5.55. The van der Waals surface area contributed by atoms with Gasteiger partial charge >= 0.3 is 6.36 Å². The number of hydrogen-bond donors (Lipinski definition) is 1. The van der Waals surface area contributed by atoms with E-state index in [4.69, 9.17) is 10.5 Å². The third-order valence-corrected chi connectivity index (χ3v) is 2.35. The maximum atomic E-state index is 12.0. The van der Waals surface area contributed by atoms with Gasteiger partial charge in [0.15, 0.2) is 11.5 Å². The fraction of sp³-hybridized carbons (Fsp3) is 0.250. The fourth-order valence-electron chi connectivity index (χ4n) is 0.925. The number of nitrogen functional groups attached to an aromatic ring is 1. The number of alkyl halides is 3. The van der Waals surface area contributed by atoms with E-state index in [0.717, 1.165) is 0 Å². The minimum atomic E-state index is -4.79. The third kappa shape index (κ3) is 2.92. The van der Waals surface area contributed by atoms with E-state index in [1.807, 2.05) is 0 Å². The zero-order valence-electron chi connectivity index (χ0n) is 7.56. The van der Waals surface area contributed by atoms with E-state index in [2.05, 4.69) is 20.7 Å². The summed E-state index contributed by atoms with van der Waals surface area (Å²) >= 11 is 2.89. The highest BCUT2D eigenvalue weighted by Gasteiger charge is 2.33. The van der Waals surface area contributed by atoms with Gasteiger partial charge in [-0.05, 0) is 28.1 Å². The van der Waals surface area contributed by atoms with Gasteiger partial charge < -0.3 is 15.2 Å². The van der Waals surface area contributed by atoms with Gasteiger partial charge in [0.1, 0.15) is 0 Å². The minimum absolute atomic E-state index is 0.0131. The smallest absolute Gasteiger partial charge is 0.493 e. The summed E-state index contributed by atoms with van der Waals surface area (Å²) in [7, 11) is 1.24. The molecule has 0 atom stereocenters. The topological polar surface area (TPSA) is 44.5 Å². The van der Waals surface area contributed by atoms with Gasteiger partial charge in [0.05, 0.1) is 11.6 Å². The van der Waals surface area contributed by atoms with Gasteiger partial charge in [-0.3, -0.25) is 0 Å². The zero-order chi connectivity index (χ0) is 11.6. The molecule has 84 valence electrons. The van der Waals surface area contributed by atoms with Gasteiger partial charge in [0.2, 0.25) is 0 Å². The summed E-state index contributed by atoms with van der Waals surface area (Å²) in [6.45, 7) is 0. The summed E-state index contributed by atoms with van der Waals surface area (Å²) in [5.74, 6) is -0.529. The van der Waals surface area contributed by atoms with Gasteiger partial charge in [-0.15, -0.1) is 13.2 Å². The molecule has 0 aliphatic heterocycles. The van der Waals surface area contributed by atoms with Crippen LogP contribution in [0, 0.1) is 0 Å². The molecule has 0 radical (unpaired) electrons. The van der Waals surface area contributed by atoms with Crippen LogP contribution in [0.4, 0.5) is 18.9 Å². The predicted octanol–water partition coefficient (Wildman–Crippen LogP) is 2.94. The molecular formula is C8H7BrF3NO2. The van der Waals surface area contributed by atoms with Crippen LogP contribution < -0.4 is 15.2 Å². The van der Waals surface area contributed by atoms with E-state index in [9.17, 15) is 13.2 Å². The molecule has 15 heavy (non-hydrogen) atoms. The number of hydrogen-bond acceptors (Lipinski definition) is 3. The Bertz CT molecular complexity index is 368. The van der Waals surface area contributed by atoms with Crippen molar-refractivity contribution in [2.24, 2.45) is 0 Å². The lowest BCUT2D eigenvalue weighted by atomic mass is 10.3. The molecule has 0 saturated heterocycles. The number of benzene rings is 1. The highest BCUT2D eigenvalue weighted by Crippen LogP contribution is 2.41. The number of rotatable bonds is 2. The molecule has 0 bridgehead atoms. The number of methoxy groups -OCH3 is 1. The van der Waals surface area contributed by atoms with E-state index in [1.54, 1.807) is 0 Å². The van der Waals surface area contributed by atoms with Crippen molar-refractivity contribution in [3.8, 4) is 11.5 Å². The van der Waals surface area contributed by atoms with Crippen molar-refractivity contribution in [2.75, 3.05) is 12.8 Å². The lowest BCUT2D eigenvalue weighted by Crippen LogP contribution is -2.18. The van der Waals surface area contributed by atoms with Crippen LogP contribution in [0.25, 0.3) is 0 Å². The van der Waals surface area contributed by atoms with Crippen molar-refractivity contribution >= 4 is 21.6 Å². The van der Waals surface area contributed by atoms with E-state index >= 15 is 0 Å². The molecule has 0 fully saturated rings. The first-order chi connectivity index (χ1) is 6.85. The Kier molecular flexibility index (Phi) is 3.33. The molecule has 0 amide bonds. The van der Waals surface area contributed by atoms with Crippen LogP contribution in [0.3, 0.4) is 0 Å². The predicted molar refractivity (Wildman–Crippen MR) is 51.8 cm³/mol. The van der Waals surface area contributed by atoms with Gasteiger partial charge in [0.25, 0.3) is 0 Å². The highest BCUT2D eigenvalue weighted by atomic mass is 79.9. The second kappa shape index (κ2) is 4.18. The molecule has 7 heteroatoms. The number of ether oxygens (including phenoxy) is 2. The lowest BCUT2D eigenvalue weighted by Gasteiger charge is -2.14. The Hall–Kier alpha value is -1.11. The van der Waals surface area contributed by atoms with E-state index < -0.39 is 12.1 Å². The van der Waals surface area contributed by atoms with Crippen LogP contribution in [-0.2, 0) is 0 Å². The highest BCUT2D eigenvalue weighted by molar-refractivity contribution is 9.10. The van der Waals surface area contributed by atoms with Crippen LogP contribution in [0.15, 0.2) is 16.6 Å².